The number of carbonyl (C=O) groups excluding carboxylic acids is 2. The lowest BCUT2D eigenvalue weighted by molar-refractivity contribution is 0.0622. The summed E-state index contributed by atoms with van der Waals surface area (Å²) >= 11 is 0. The topological polar surface area (TPSA) is 56.8 Å². The van der Waals surface area contributed by atoms with E-state index in [0.29, 0.717) is 24.3 Å². The van der Waals surface area contributed by atoms with Gasteiger partial charge in [0.25, 0.3) is 11.8 Å². The standard InChI is InChI=1S/C22H26N4O2/c27-21(25-10-4-5-11-25)19-8-9-23-20(16-19)22(28)26-14-12-24(13-15-26)17-18-6-2-1-3-7-18/h1-3,6-9,16H,4-5,10-15,17H2. The van der Waals surface area contributed by atoms with E-state index in [9.17, 15) is 9.59 Å². The van der Waals surface area contributed by atoms with Gasteiger partial charge in [0.1, 0.15) is 5.69 Å². The van der Waals surface area contributed by atoms with E-state index in [2.05, 4.69) is 34.1 Å². The van der Waals surface area contributed by atoms with E-state index >= 15 is 0 Å². The van der Waals surface area contributed by atoms with Crippen molar-refractivity contribution in [3.63, 3.8) is 0 Å². The third-order valence-corrected chi connectivity index (χ3v) is 5.53. The van der Waals surface area contributed by atoms with Gasteiger partial charge in [0.05, 0.1) is 0 Å². The maximum Gasteiger partial charge on any atom is 0.272 e. The highest BCUT2D eigenvalue weighted by atomic mass is 16.2. The average molecular weight is 378 g/mol. The minimum Gasteiger partial charge on any atom is -0.339 e. The van der Waals surface area contributed by atoms with Crippen LogP contribution in [0.5, 0.6) is 0 Å². The lowest BCUT2D eigenvalue weighted by Crippen LogP contribution is -2.48. The van der Waals surface area contributed by atoms with E-state index in [1.165, 1.54) is 5.56 Å². The van der Waals surface area contributed by atoms with E-state index in [1.807, 2.05) is 15.9 Å². The minimum absolute atomic E-state index is 0.00151. The Labute approximate surface area is 165 Å². The second-order valence-electron chi connectivity index (χ2n) is 7.48. The Kier molecular flexibility index (Phi) is 5.67. The summed E-state index contributed by atoms with van der Waals surface area (Å²) in [5.74, 6) is -0.0861. The number of piperazine rings is 1. The fraction of sp³-hybridized carbons (Fsp3) is 0.409. The van der Waals surface area contributed by atoms with E-state index < -0.39 is 0 Å². The molecular weight excluding hydrogens is 352 g/mol. The summed E-state index contributed by atoms with van der Waals surface area (Å²) in [7, 11) is 0. The maximum atomic E-state index is 12.9. The molecule has 1 aromatic heterocycles. The highest BCUT2D eigenvalue weighted by Gasteiger charge is 2.25. The maximum absolute atomic E-state index is 12.9. The molecule has 6 heteroatoms. The predicted molar refractivity (Wildman–Crippen MR) is 107 cm³/mol. The van der Waals surface area contributed by atoms with Gasteiger partial charge in [0.2, 0.25) is 0 Å². The highest BCUT2D eigenvalue weighted by Crippen LogP contribution is 2.15. The van der Waals surface area contributed by atoms with Crippen LogP contribution in [0.2, 0.25) is 0 Å². The first kappa shape index (κ1) is 18.6. The molecule has 0 radical (unpaired) electrons. The zero-order valence-corrected chi connectivity index (χ0v) is 16.1. The summed E-state index contributed by atoms with van der Waals surface area (Å²) in [6.45, 7) is 5.54. The summed E-state index contributed by atoms with van der Waals surface area (Å²) in [6, 6.07) is 13.7. The smallest absolute Gasteiger partial charge is 0.272 e. The summed E-state index contributed by atoms with van der Waals surface area (Å²) in [5, 5.41) is 0. The largest absolute Gasteiger partial charge is 0.339 e. The molecule has 0 atom stereocenters. The first-order chi connectivity index (χ1) is 13.7. The molecule has 2 aromatic rings. The Bertz CT molecular complexity index is 825. The highest BCUT2D eigenvalue weighted by molar-refractivity contribution is 5.98. The molecule has 0 unspecified atom stereocenters. The molecule has 6 nitrogen and oxygen atoms in total. The Morgan fingerprint density at radius 2 is 1.50 bits per heavy atom. The van der Waals surface area contributed by atoms with E-state index in [-0.39, 0.29) is 11.8 Å². The van der Waals surface area contributed by atoms with Crippen LogP contribution in [0.3, 0.4) is 0 Å². The Morgan fingerprint density at radius 3 is 2.21 bits per heavy atom. The van der Waals surface area contributed by atoms with Crippen molar-refractivity contribution in [2.45, 2.75) is 19.4 Å². The van der Waals surface area contributed by atoms with Gasteiger partial charge in [-0.15, -0.1) is 0 Å². The number of hydrogen-bond donors (Lipinski definition) is 0. The molecule has 28 heavy (non-hydrogen) atoms. The van der Waals surface area contributed by atoms with Crippen LogP contribution < -0.4 is 0 Å². The number of likely N-dealkylation sites (tertiary alicyclic amines) is 1. The number of pyridine rings is 1. The van der Waals surface area contributed by atoms with Crippen LogP contribution in [0, 0.1) is 0 Å². The second kappa shape index (κ2) is 8.52. The molecular formula is C22H26N4O2. The van der Waals surface area contributed by atoms with Gasteiger partial charge in [-0.2, -0.15) is 0 Å². The molecule has 4 rings (SSSR count). The van der Waals surface area contributed by atoms with Gasteiger partial charge >= 0.3 is 0 Å². The molecule has 0 saturated carbocycles. The van der Waals surface area contributed by atoms with Gasteiger partial charge in [0.15, 0.2) is 0 Å². The summed E-state index contributed by atoms with van der Waals surface area (Å²) < 4.78 is 0. The van der Waals surface area contributed by atoms with Gasteiger partial charge in [0, 0.05) is 57.6 Å². The van der Waals surface area contributed by atoms with Gasteiger partial charge in [-0.05, 0) is 30.5 Å². The van der Waals surface area contributed by atoms with Crippen LogP contribution >= 0.6 is 0 Å². The Hall–Kier alpha value is -2.73. The lowest BCUT2D eigenvalue weighted by atomic mass is 10.1. The van der Waals surface area contributed by atoms with Gasteiger partial charge < -0.3 is 9.80 Å². The van der Waals surface area contributed by atoms with Gasteiger partial charge in [-0.1, -0.05) is 30.3 Å². The molecule has 3 heterocycles. The number of rotatable bonds is 4. The zero-order valence-electron chi connectivity index (χ0n) is 16.1. The molecule has 0 bridgehead atoms. The molecule has 1 aromatic carbocycles. The van der Waals surface area contributed by atoms with E-state index in [1.54, 1.807) is 18.3 Å². The molecule has 0 aliphatic carbocycles. The van der Waals surface area contributed by atoms with Crippen LogP contribution in [0.1, 0.15) is 39.3 Å². The number of aromatic nitrogens is 1. The van der Waals surface area contributed by atoms with Crippen molar-refractivity contribution in [2.24, 2.45) is 0 Å². The first-order valence-corrected chi connectivity index (χ1v) is 10.0. The monoisotopic (exact) mass is 378 g/mol. The van der Waals surface area contributed by atoms with Crippen LogP contribution in [0.4, 0.5) is 0 Å². The normalized spacial score (nSPS) is 17.7. The summed E-state index contributed by atoms with van der Waals surface area (Å²) in [5.41, 5.74) is 2.21. The third-order valence-electron chi connectivity index (χ3n) is 5.53. The molecule has 2 saturated heterocycles. The van der Waals surface area contributed by atoms with Crippen molar-refractivity contribution in [1.29, 1.82) is 0 Å². The van der Waals surface area contributed by atoms with Crippen LogP contribution in [0.25, 0.3) is 0 Å². The molecule has 0 spiro atoms. The summed E-state index contributed by atoms with van der Waals surface area (Å²) in [6.07, 6.45) is 3.67. The third kappa shape index (κ3) is 4.22. The van der Waals surface area contributed by atoms with Crippen molar-refractivity contribution in [3.8, 4) is 0 Å². The predicted octanol–water partition coefficient (Wildman–Crippen LogP) is 2.28. The molecule has 146 valence electrons. The minimum atomic E-state index is -0.0876. The molecule has 2 amide bonds. The number of benzene rings is 1. The molecule has 2 aliphatic heterocycles. The SMILES string of the molecule is O=C(c1ccnc(C(=O)N2CCN(Cc3ccccc3)CC2)c1)N1CCCC1. The van der Waals surface area contributed by atoms with Gasteiger partial charge in [-0.3, -0.25) is 19.5 Å². The van der Waals surface area contributed by atoms with E-state index in [4.69, 9.17) is 0 Å². The number of carbonyl (C=O) groups is 2. The van der Waals surface area contributed by atoms with Crippen molar-refractivity contribution < 1.29 is 9.59 Å². The first-order valence-electron chi connectivity index (χ1n) is 10.0. The molecule has 2 aliphatic rings. The summed E-state index contributed by atoms with van der Waals surface area (Å²) in [4.78, 5) is 35.8. The number of amides is 2. The van der Waals surface area contributed by atoms with Crippen LogP contribution in [-0.2, 0) is 6.54 Å². The van der Waals surface area contributed by atoms with Crippen LogP contribution in [0.15, 0.2) is 48.7 Å². The van der Waals surface area contributed by atoms with Crippen molar-refractivity contribution in [2.75, 3.05) is 39.3 Å². The zero-order chi connectivity index (χ0) is 19.3. The fourth-order valence-electron chi connectivity index (χ4n) is 3.90. The van der Waals surface area contributed by atoms with Crippen molar-refractivity contribution >= 4 is 11.8 Å². The van der Waals surface area contributed by atoms with Crippen molar-refractivity contribution in [3.05, 3.63) is 65.5 Å². The lowest BCUT2D eigenvalue weighted by Gasteiger charge is -2.34. The fourth-order valence-corrected chi connectivity index (χ4v) is 3.90. The molecule has 0 N–H and O–H groups in total. The number of nitrogens with zero attached hydrogens (tertiary/aromatic N) is 4. The second-order valence-corrected chi connectivity index (χ2v) is 7.48. The Morgan fingerprint density at radius 1 is 0.821 bits per heavy atom. The average Bonchev–Trinajstić information content (AvgIpc) is 3.29. The quantitative estimate of drug-likeness (QED) is 0.819. The van der Waals surface area contributed by atoms with Crippen LogP contribution in [-0.4, -0.2) is 70.8 Å². The van der Waals surface area contributed by atoms with Crippen molar-refractivity contribution in [1.82, 2.24) is 19.7 Å². The molecule has 2 fully saturated rings. The Balaban J connectivity index is 1.36. The van der Waals surface area contributed by atoms with E-state index in [0.717, 1.165) is 45.6 Å². The van der Waals surface area contributed by atoms with Gasteiger partial charge in [-0.25, -0.2) is 0 Å². The number of hydrogen-bond acceptors (Lipinski definition) is 4.